The van der Waals surface area contributed by atoms with Gasteiger partial charge in [-0.3, -0.25) is 0 Å². The van der Waals surface area contributed by atoms with Crippen LogP contribution in [0.15, 0.2) is 18.2 Å². The highest BCUT2D eigenvalue weighted by molar-refractivity contribution is 6.32. The van der Waals surface area contributed by atoms with Crippen LogP contribution in [0, 0.1) is 11.8 Å². The first-order valence-corrected chi connectivity index (χ1v) is 5.52. The summed E-state index contributed by atoms with van der Waals surface area (Å²) in [5.41, 5.74) is 0.884. The predicted octanol–water partition coefficient (Wildman–Crippen LogP) is 3.04. The monoisotopic (exact) mass is 226 g/mol. The van der Waals surface area contributed by atoms with Gasteiger partial charge >= 0.3 is 0 Å². The van der Waals surface area contributed by atoms with E-state index in [1.165, 1.54) is 0 Å². The zero-order chi connectivity index (χ0) is 11.0. The molecule has 1 aromatic carbocycles. The Kier molecular flexibility index (Phi) is 2.89. The molecule has 3 unspecified atom stereocenters. The second-order valence-corrected chi connectivity index (χ2v) is 4.62. The van der Waals surface area contributed by atoms with Gasteiger partial charge in [-0.2, -0.15) is 0 Å². The molecule has 0 spiro atoms. The van der Waals surface area contributed by atoms with Crippen molar-refractivity contribution in [1.82, 2.24) is 0 Å². The summed E-state index contributed by atoms with van der Waals surface area (Å²) in [6, 6.07) is 5.46. The number of methoxy groups -OCH3 is 1. The van der Waals surface area contributed by atoms with Gasteiger partial charge in [-0.1, -0.05) is 24.6 Å². The Hall–Kier alpha value is -0.730. The quantitative estimate of drug-likeness (QED) is 0.859. The van der Waals surface area contributed by atoms with Crippen molar-refractivity contribution < 1.29 is 9.84 Å². The van der Waals surface area contributed by atoms with Crippen molar-refractivity contribution in [3.8, 4) is 5.75 Å². The van der Waals surface area contributed by atoms with Crippen molar-refractivity contribution >= 4 is 11.6 Å². The average molecular weight is 227 g/mol. The first-order valence-electron chi connectivity index (χ1n) is 5.15. The molecule has 1 fully saturated rings. The molecule has 0 saturated heterocycles. The Morgan fingerprint density at radius 1 is 1.53 bits per heavy atom. The minimum absolute atomic E-state index is 0.386. The fourth-order valence-electron chi connectivity index (χ4n) is 1.90. The summed E-state index contributed by atoms with van der Waals surface area (Å²) in [5, 5.41) is 10.6. The standard InChI is InChI=1S/C12H15ClO2/c1-7-5-9(7)12(14)8-3-4-11(15-2)10(13)6-8/h3-4,6-7,9,12,14H,5H2,1-2H3. The van der Waals surface area contributed by atoms with Gasteiger partial charge < -0.3 is 9.84 Å². The van der Waals surface area contributed by atoms with Gasteiger partial charge in [0.15, 0.2) is 0 Å². The Morgan fingerprint density at radius 2 is 2.20 bits per heavy atom. The Morgan fingerprint density at radius 3 is 2.67 bits per heavy atom. The topological polar surface area (TPSA) is 29.5 Å². The van der Waals surface area contributed by atoms with Crippen LogP contribution < -0.4 is 4.74 Å². The van der Waals surface area contributed by atoms with Crippen molar-refractivity contribution in [3.05, 3.63) is 28.8 Å². The van der Waals surface area contributed by atoms with Crippen molar-refractivity contribution in [1.29, 1.82) is 0 Å². The van der Waals surface area contributed by atoms with E-state index in [1.54, 1.807) is 19.2 Å². The van der Waals surface area contributed by atoms with E-state index in [-0.39, 0.29) is 6.10 Å². The van der Waals surface area contributed by atoms with E-state index in [0.717, 1.165) is 12.0 Å². The highest BCUT2D eigenvalue weighted by Gasteiger charge is 2.39. The lowest BCUT2D eigenvalue weighted by Crippen LogP contribution is -2.01. The number of benzene rings is 1. The molecule has 1 aliphatic rings. The Labute approximate surface area is 94.8 Å². The molecule has 0 radical (unpaired) electrons. The summed E-state index contributed by atoms with van der Waals surface area (Å²) >= 11 is 6.00. The molecule has 15 heavy (non-hydrogen) atoms. The second-order valence-electron chi connectivity index (χ2n) is 4.22. The Balaban J connectivity index is 2.18. The molecule has 0 aliphatic heterocycles. The minimum Gasteiger partial charge on any atom is -0.495 e. The number of rotatable bonds is 3. The fourth-order valence-corrected chi connectivity index (χ4v) is 2.17. The molecular formula is C12H15ClO2. The lowest BCUT2D eigenvalue weighted by molar-refractivity contribution is 0.148. The summed E-state index contributed by atoms with van der Waals surface area (Å²) in [6.07, 6.45) is 0.716. The number of aliphatic hydroxyl groups excluding tert-OH is 1. The highest BCUT2D eigenvalue weighted by Crippen LogP contribution is 2.47. The average Bonchev–Trinajstić information content (AvgIpc) is 2.94. The van der Waals surface area contributed by atoms with E-state index in [2.05, 4.69) is 6.92 Å². The van der Waals surface area contributed by atoms with Gasteiger partial charge in [0.2, 0.25) is 0 Å². The van der Waals surface area contributed by atoms with Gasteiger partial charge in [0, 0.05) is 0 Å². The van der Waals surface area contributed by atoms with Crippen LogP contribution in [0.25, 0.3) is 0 Å². The van der Waals surface area contributed by atoms with Crippen molar-refractivity contribution in [2.45, 2.75) is 19.4 Å². The number of ether oxygens (including phenoxy) is 1. The normalized spacial score (nSPS) is 26.1. The molecular weight excluding hydrogens is 212 g/mol. The maximum atomic E-state index is 10.0. The first kappa shape index (κ1) is 10.8. The largest absolute Gasteiger partial charge is 0.495 e. The SMILES string of the molecule is COc1ccc(C(O)C2CC2C)cc1Cl. The van der Waals surface area contributed by atoms with Crippen LogP contribution >= 0.6 is 11.6 Å². The number of aliphatic hydroxyl groups is 1. The van der Waals surface area contributed by atoms with Gasteiger partial charge in [-0.25, -0.2) is 0 Å². The van der Waals surface area contributed by atoms with Gasteiger partial charge in [-0.15, -0.1) is 0 Å². The van der Waals surface area contributed by atoms with E-state index >= 15 is 0 Å². The second kappa shape index (κ2) is 4.03. The van der Waals surface area contributed by atoms with Crippen molar-refractivity contribution in [2.75, 3.05) is 7.11 Å². The summed E-state index contributed by atoms with van der Waals surface area (Å²) in [5.74, 6) is 1.67. The molecule has 1 saturated carbocycles. The molecule has 0 amide bonds. The third kappa shape index (κ3) is 2.11. The third-order valence-electron chi connectivity index (χ3n) is 3.09. The third-order valence-corrected chi connectivity index (χ3v) is 3.39. The van der Waals surface area contributed by atoms with Crippen LogP contribution in [0.2, 0.25) is 5.02 Å². The lowest BCUT2D eigenvalue weighted by atomic mass is 10.0. The first-order chi connectivity index (χ1) is 7.13. The molecule has 3 heteroatoms. The van der Waals surface area contributed by atoms with E-state index < -0.39 is 0 Å². The molecule has 0 aromatic heterocycles. The zero-order valence-electron chi connectivity index (χ0n) is 8.90. The molecule has 1 aromatic rings. The zero-order valence-corrected chi connectivity index (χ0v) is 9.66. The molecule has 1 aliphatic carbocycles. The smallest absolute Gasteiger partial charge is 0.137 e. The van der Waals surface area contributed by atoms with Crippen LogP contribution in [0.1, 0.15) is 25.0 Å². The molecule has 1 N–H and O–H groups in total. The van der Waals surface area contributed by atoms with Gasteiger partial charge in [0.05, 0.1) is 18.2 Å². The van der Waals surface area contributed by atoms with Crippen LogP contribution in [0.3, 0.4) is 0 Å². The minimum atomic E-state index is -0.386. The van der Waals surface area contributed by atoms with Crippen molar-refractivity contribution in [3.63, 3.8) is 0 Å². The number of hydrogen-bond donors (Lipinski definition) is 1. The van der Waals surface area contributed by atoms with Crippen LogP contribution in [-0.2, 0) is 0 Å². The fraction of sp³-hybridized carbons (Fsp3) is 0.500. The predicted molar refractivity (Wildman–Crippen MR) is 60.2 cm³/mol. The van der Waals surface area contributed by atoms with Crippen LogP contribution in [0.5, 0.6) is 5.75 Å². The van der Waals surface area contributed by atoms with Crippen molar-refractivity contribution in [2.24, 2.45) is 11.8 Å². The van der Waals surface area contributed by atoms with E-state index in [4.69, 9.17) is 16.3 Å². The van der Waals surface area contributed by atoms with Gasteiger partial charge in [0.25, 0.3) is 0 Å². The molecule has 82 valence electrons. The molecule has 3 atom stereocenters. The van der Waals surface area contributed by atoms with Gasteiger partial charge in [-0.05, 0) is 36.0 Å². The van der Waals surface area contributed by atoms with E-state index in [9.17, 15) is 5.11 Å². The summed E-state index contributed by atoms with van der Waals surface area (Å²) in [6.45, 7) is 2.15. The summed E-state index contributed by atoms with van der Waals surface area (Å²) in [4.78, 5) is 0. The highest BCUT2D eigenvalue weighted by atomic mass is 35.5. The number of hydrogen-bond acceptors (Lipinski definition) is 2. The molecule has 2 nitrogen and oxygen atoms in total. The van der Waals surface area contributed by atoms with E-state index in [1.807, 2.05) is 6.07 Å². The maximum Gasteiger partial charge on any atom is 0.137 e. The lowest BCUT2D eigenvalue weighted by Gasteiger charge is -2.12. The van der Waals surface area contributed by atoms with E-state index in [0.29, 0.717) is 22.6 Å². The summed E-state index contributed by atoms with van der Waals surface area (Å²) < 4.78 is 5.06. The van der Waals surface area contributed by atoms with Crippen LogP contribution in [-0.4, -0.2) is 12.2 Å². The maximum absolute atomic E-state index is 10.0. The van der Waals surface area contributed by atoms with Crippen LogP contribution in [0.4, 0.5) is 0 Å². The molecule has 0 heterocycles. The summed E-state index contributed by atoms with van der Waals surface area (Å²) in [7, 11) is 1.58. The van der Waals surface area contributed by atoms with Gasteiger partial charge in [0.1, 0.15) is 5.75 Å². The Bertz CT molecular complexity index is 365. The molecule has 2 rings (SSSR count). The molecule has 0 bridgehead atoms. The number of halogens is 1.